The molecular weight excluding hydrogens is 352 g/mol. The number of methoxy groups -OCH3 is 1. The zero-order valence-electron chi connectivity index (χ0n) is 14.4. The highest BCUT2D eigenvalue weighted by Crippen LogP contribution is 2.40. The van der Waals surface area contributed by atoms with Crippen molar-refractivity contribution in [1.29, 1.82) is 0 Å². The van der Waals surface area contributed by atoms with Crippen LogP contribution in [0.4, 0.5) is 11.4 Å². The number of fused-ring (bicyclic) bond motifs is 1. The molecular formula is C19H16N2O6. The van der Waals surface area contributed by atoms with Crippen molar-refractivity contribution in [3.63, 3.8) is 0 Å². The van der Waals surface area contributed by atoms with E-state index < -0.39 is 17.0 Å². The molecule has 0 unspecified atom stereocenters. The number of non-ortho nitro benzene ring substituents is 1. The van der Waals surface area contributed by atoms with Crippen LogP contribution in [0.2, 0.25) is 0 Å². The van der Waals surface area contributed by atoms with Crippen molar-refractivity contribution in [2.24, 2.45) is 0 Å². The van der Waals surface area contributed by atoms with E-state index in [2.05, 4.69) is 4.74 Å². The SMILES string of the molecule is COC(=O)/C=C\CN1C(=O)[C@H](c2ccccc2)Oc2cc([N+](=O)[O-])ccc21. The number of esters is 1. The van der Waals surface area contributed by atoms with Gasteiger partial charge in [0.05, 0.1) is 23.8 Å². The fourth-order valence-corrected chi connectivity index (χ4v) is 2.72. The monoisotopic (exact) mass is 368 g/mol. The van der Waals surface area contributed by atoms with Crippen molar-refractivity contribution < 1.29 is 24.0 Å². The number of rotatable bonds is 5. The third-order valence-electron chi connectivity index (χ3n) is 4.03. The van der Waals surface area contributed by atoms with Gasteiger partial charge in [-0.3, -0.25) is 14.9 Å². The molecule has 0 saturated carbocycles. The van der Waals surface area contributed by atoms with E-state index in [1.165, 1.54) is 42.4 Å². The molecule has 8 nitrogen and oxygen atoms in total. The van der Waals surface area contributed by atoms with Crippen LogP contribution in [0.5, 0.6) is 5.75 Å². The molecule has 8 heteroatoms. The fourth-order valence-electron chi connectivity index (χ4n) is 2.72. The van der Waals surface area contributed by atoms with Crippen LogP contribution >= 0.6 is 0 Å². The molecule has 0 bridgehead atoms. The summed E-state index contributed by atoms with van der Waals surface area (Å²) in [6.45, 7) is 0.0887. The minimum absolute atomic E-state index is 0.0887. The number of hydrogen-bond donors (Lipinski definition) is 0. The first-order valence-corrected chi connectivity index (χ1v) is 8.07. The topological polar surface area (TPSA) is 99.0 Å². The minimum atomic E-state index is -0.938. The summed E-state index contributed by atoms with van der Waals surface area (Å²) >= 11 is 0. The first-order valence-electron chi connectivity index (χ1n) is 8.07. The van der Waals surface area contributed by atoms with Crippen molar-refractivity contribution in [2.75, 3.05) is 18.6 Å². The maximum Gasteiger partial charge on any atom is 0.330 e. The third-order valence-corrected chi connectivity index (χ3v) is 4.03. The van der Waals surface area contributed by atoms with Gasteiger partial charge >= 0.3 is 5.97 Å². The van der Waals surface area contributed by atoms with Gasteiger partial charge in [0.25, 0.3) is 11.6 Å². The number of hydrogen-bond acceptors (Lipinski definition) is 6. The van der Waals surface area contributed by atoms with Crippen LogP contribution in [0.15, 0.2) is 60.7 Å². The molecule has 0 saturated heterocycles. The summed E-state index contributed by atoms with van der Waals surface area (Å²) < 4.78 is 10.3. The van der Waals surface area contributed by atoms with Gasteiger partial charge in [-0.15, -0.1) is 0 Å². The van der Waals surface area contributed by atoms with Crippen molar-refractivity contribution in [1.82, 2.24) is 0 Å². The van der Waals surface area contributed by atoms with E-state index in [-0.39, 0.29) is 23.9 Å². The smallest absolute Gasteiger partial charge is 0.330 e. The quantitative estimate of drug-likeness (QED) is 0.348. The van der Waals surface area contributed by atoms with E-state index in [9.17, 15) is 19.7 Å². The van der Waals surface area contributed by atoms with Gasteiger partial charge < -0.3 is 14.4 Å². The number of benzene rings is 2. The Morgan fingerprint density at radius 3 is 2.70 bits per heavy atom. The number of anilines is 1. The standard InChI is InChI=1S/C19H16N2O6/c1-26-17(22)8-5-11-20-15-10-9-14(21(24)25)12-16(15)27-18(19(20)23)13-6-3-2-4-7-13/h2-10,12,18H,11H2,1H3/b8-5-/t18-/m0/s1. The van der Waals surface area contributed by atoms with Gasteiger partial charge in [0.2, 0.25) is 6.10 Å². The molecule has 1 aliphatic rings. The Morgan fingerprint density at radius 1 is 1.30 bits per heavy atom. The second kappa shape index (κ2) is 7.69. The number of ether oxygens (including phenoxy) is 2. The third kappa shape index (κ3) is 3.79. The lowest BCUT2D eigenvalue weighted by Crippen LogP contribution is -2.41. The Balaban J connectivity index is 2.00. The van der Waals surface area contributed by atoms with Crippen LogP contribution in [0, 0.1) is 10.1 Å². The molecule has 0 radical (unpaired) electrons. The number of nitro groups is 1. The predicted octanol–water partition coefficient (Wildman–Crippen LogP) is 2.79. The van der Waals surface area contributed by atoms with Gasteiger partial charge in [-0.25, -0.2) is 4.79 Å². The predicted molar refractivity (Wildman–Crippen MR) is 96.4 cm³/mol. The van der Waals surface area contributed by atoms with Gasteiger partial charge in [0.15, 0.2) is 5.75 Å². The Morgan fingerprint density at radius 2 is 2.04 bits per heavy atom. The van der Waals surface area contributed by atoms with E-state index in [4.69, 9.17) is 4.74 Å². The second-order valence-corrected chi connectivity index (χ2v) is 5.69. The van der Waals surface area contributed by atoms with E-state index in [0.29, 0.717) is 11.3 Å². The van der Waals surface area contributed by atoms with E-state index in [0.717, 1.165) is 0 Å². The number of nitro benzene ring substituents is 1. The van der Waals surface area contributed by atoms with E-state index >= 15 is 0 Å². The van der Waals surface area contributed by atoms with Gasteiger partial charge in [0.1, 0.15) is 0 Å². The molecule has 0 aliphatic carbocycles. The van der Waals surface area contributed by atoms with Crippen LogP contribution in [0.3, 0.4) is 0 Å². The highest BCUT2D eigenvalue weighted by atomic mass is 16.6. The maximum absolute atomic E-state index is 13.0. The van der Waals surface area contributed by atoms with Gasteiger partial charge in [-0.05, 0) is 6.07 Å². The summed E-state index contributed by atoms with van der Waals surface area (Å²) in [6.07, 6.45) is 1.76. The highest BCUT2D eigenvalue weighted by molar-refractivity contribution is 6.01. The summed E-state index contributed by atoms with van der Waals surface area (Å²) in [4.78, 5) is 36.2. The Kier molecular flexibility index (Phi) is 5.16. The van der Waals surface area contributed by atoms with E-state index in [1.807, 2.05) is 6.07 Å². The highest BCUT2D eigenvalue weighted by Gasteiger charge is 2.35. The lowest BCUT2D eigenvalue weighted by atomic mass is 10.1. The van der Waals surface area contributed by atoms with Crippen LogP contribution in [0.25, 0.3) is 0 Å². The molecule has 2 aromatic rings. The van der Waals surface area contributed by atoms with Gasteiger partial charge in [-0.2, -0.15) is 0 Å². The largest absolute Gasteiger partial charge is 0.473 e. The van der Waals surface area contributed by atoms with E-state index in [1.54, 1.807) is 24.3 Å². The Bertz CT molecular complexity index is 910. The summed E-state index contributed by atoms with van der Waals surface area (Å²) in [5.41, 5.74) is 0.883. The van der Waals surface area contributed by atoms with Crippen molar-refractivity contribution in [3.05, 3.63) is 76.4 Å². The molecule has 27 heavy (non-hydrogen) atoms. The summed E-state index contributed by atoms with van der Waals surface area (Å²) in [7, 11) is 1.26. The molecule has 0 aromatic heterocycles. The molecule has 3 rings (SSSR count). The molecule has 1 aliphatic heterocycles. The zero-order chi connectivity index (χ0) is 19.4. The molecule has 1 amide bonds. The van der Waals surface area contributed by atoms with Crippen LogP contribution in [-0.2, 0) is 14.3 Å². The van der Waals surface area contributed by atoms with Crippen LogP contribution < -0.4 is 9.64 Å². The number of carbonyl (C=O) groups is 2. The zero-order valence-corrected chi connectivity index (χ0v) is 14.4. The van der Waals surface area contributed by atoms with Crippen LogP contribution in [0.1, 0.15) is 11.7 Å². The molecule has 2 aromatic carbocycles. The average molecular weight is 368 g/mol. The Hall–Kier alpha value is -3.68. The number of nitrogens with zero attached hydrogens (tertiary/aromatic N) is 2. The van der Waals surface area contributed by atoms with Crippen molar-refractivity contribution in [2.45, 2.75) is 6.10 Å². The van der Waals surface area contributed by atoms with Gasteiger partial charge in [0, 0.05) is 24.3 Å². The molecule has 1 heterocycles. The molecule has 0 fully saturated rings. The normalized spacial score (nSPS) is 16.0. The molecule has 138 valence electrons. The lowest BCUT2D eigenvalue weighted by Gasteiger charge is -2.33. The molecule has 0 spiro atoms. The number of amides is 1. The lowest BCUT2D eigenvalue weighted by molar-refractivity contribution is -0.384. The van der Waals surface area contributed by atoms with Crippen molar-refractivity contribution >= 4 is 23.3 Å². The van der Waals surface area contributed by atoms with Crippen LogP contribution in [-0.4, -0.2) is 30.5 Å². The van der Waals surface area contributed by atoms with Crippen molar-refractivity contribution in [3.8, 4) is 5.75 Å². The fraction of sp³-hybridized carbons (Fsp3) is 0.158. The maximum atomic E-state index is 13.0. The van der Waals surface area contributed by atoms with Gasteiger partial charge in [-0.1, -0.05) is 36.4 Å². The minimum Gasteiger partial charge on any atom is -0.473 e. The summed E-state index contributed by atoms with van der Waals surface area (Å²) in [6, 6.07) is 12.9. The Labute approximate surface area is 154 Å². The summed E-state index contributed by atoms with van der Waals surface area (Å²) in [5.74, 6) is -0.652. The summed E-state index contributed by atoms with van der Waals surface area (Å²) in [5, 5.41) is 11.1. The molecule has 1 atom stereocenters. The second-order valence-electron chi connectivity index (χ2n) is 5.69. The number of carbonyl (C=O) groups excluding carboxylic acids is 2. The average Bonchev–Trinajstić information content (AvgIpc) is 2.69. The first-order chi connectivity index (χ1) is 13.0. The first kappa shape index (κ1) is 18.1. The molecule has 0 N–H and O–H groups in total.